The molecule has 0 bridgehead atoms. The summed E-state index contributed by atoms with van der Waals surface area (Å²) in [6.45, 7) is 5.61. The number of likely N-dealkylation sites (tertiary alicyclic amines) is 1. The second kappa shape index (κ2) is 12.4. The molecule has 2 aliphatic rings. The van der Waals surface area contributed by atoms with Gasteiger partial charge in [-0.1, -0.05) is 44.9 Å². The molecule has 2 aromatic rings. The third-order valence-electron chi connectivity index (χ3n) is 7.55. The Bertz CT molecular complexity index is 1200. The van der Waals surface area contributed by atoms with Crippen molar-refractivity contribution in [3.05, 3.63) is 53.6 Å². The van der Waals surface area contributed by atoms with Crippen LogP contribution >= 0.6 is 0 Å². The van der Waals surface area contributed by atoms with Crippen LogP contribution in [-0.2, 0) is 14.8 Å². The van der Waals surface area contributed by atoms with Crippen LogP contribution in [0, 0.1) is 5.92 Å². The highest BCUT2D eigenvalue weighted by Crippen LogP contribution is 2.47. The van der Waals surface area contributed by atoms with Crippen LogP contribution in [0.3, 0.4) is 0 Å². The summed E-state index contributed by atoms with van der Waals surface area (Å²) in [6.07, 6.45) is 2.47. The lowest BCUT2D eigenvalue weighted by Gasteiger charge is -2.29. The number of sulfonamides is 1. The fraction of sp³-hybridized carbons (Fsp3) is 0.536. The zero-order chi connectivity index (χ0) is 27.3. The van der Waals surface area contributed by atoms with Gasteiger partial charge in [0.25, 0.3) is 0 Å². The van der Waals surface area contributed by atoms with Gasteiger partial charge in [0, 0.05) is 38.1 Å². The van der Waals surface area contributed by atoms with Gasteiger partial charge in [-0.2, -0.15) is 0 Å². The minimum absolute atomic E-state index is 0.133. The summed E-state index contributed by atoms with van der Waals surface area (Å²) in [5.41, 5.74) is 1.72. The first kappa shape index (κ1) is 28.2. The summed E-state index contributed by atoms with van der Waals surface area (Å²) in [4.78, 5) is 14.9. The summed E-state index contributed by atoms with van der Waals surface area (Å²) in [7, 11) is -1.80. The number of aliphatic carboxylic acids is 1. The van der Waals surface area contributed by atoms with Gasteiger partial charge in [-0.3, -0.25) is 9.69 Å². The van der Waals surface area contributed by atoms with Crippen LogP contribution < -0.4 is 14.2 Å². The summed E-state index contributed by atoms with van der Waals surface area (Å²) in [5.74, 6) is 0.137. The number of methoxy groups -OCH3 is 1. The highest BCUT2D eigenvalue weighted by molar-refractivity contribution is 7.89. The lowest BCUT2D eigenvalue weighted by Crippen LogP contribution is -2.40. The molecule has 2 aliphatic heterocycles. The van der Waals surface area contributed by atoms with E-state index in [1.807, 2.05) is 56.3 Å². The normalized spacial score (nSPS) is 21.2. The molecule has 10 heteroatoms. The van der Waals surface area contributed by atoms with Crippen molar-refractivity contribution in [1.82, 2.24) is 9.21 Å². The fourth-order valence-electron chi connectivity index (χ4n) is 5.54. The summed E-state index contributed by atoms with van der Waals surface area (Å²) >= 11 is 0. The maximum absolute atomic E-state index is 13.0. The number of ether oxygens (including phenoxy) is 3. The van der Waals surface area contributed by atoms with Gasteiger partial charge in [-0.05, 0) is 41.8 Å². The van der Waals surface area contributed by atoms with Crippen molar-refractivity contribution in [2.75, 3.05) is 45.8 Å². The van der Waals surface area contributed by atoms with Crippen LogP contribution in [0.25, 0.3) is 0 Å². The lowest BCUT2D eigenvalue weighted by atomic mass is 9.82. The van der Waals surface area contributed by atoms with Crippen molar-refractivity contribution in [2.24, 2.45) is 5.92 Å². The van der Waals surface area contributed by atoms with E-state index < -0.39 is 28.0 Å². The quantitative estimate of drug-likeness (QED) is 0.374. The van der Waals surface area contributed by atoms with E-state index in [1.165, 1.54) is 4.31 Å². The van der Waals surface area contributed by atoms with E-state index in [0.717, 1.165) is 24.0 Å². The number of hydrogen-bond acceptors (Lipinski definition) is 7. The molecule has 0 radical (unpaired) electrons. The van der Waals surface area contributed by atoms with Gasteiger partial charge in [0.1, 0.15) is 5.75 Å². The molecule has 1 saturated heterocycles. The Morgan fingerprint density at radius 2 is 1.79 bits per heavy atom. The predicted octanol–water partition coefficient (Wildman–Crippen LogP) is 4.11. The highest BCUT2D eigenvalue weighted by Gasteiger charge is 2.47. The van der Waals surface area contributed by atoms with Crippen molar-refractivity contribution in [1.29, 1.82) is 0 Å². The van der Waals surface area contributed by atoms with Crippen molar-refractivity contribution in [2.45, 2.75) is 45.1 Å². The van der Waals surface area contributed by atoms with Gasteiger partial charge in [0.05, 0.1) is 18.8 Å². The van der Waals surface area contributed by atoms with Crippen LogP contribution in [0.1, 0.15) is 56.2 Å². The van der Waals surface area contributed by atoms with E-state index in [9.17, 15) is 18.3 Å². The van der Waals surface area contributed by atoms with Crippen LogP contribution in [0.4, 0.5) is 0 Å². The number of rotatable bonds is 13. The van der Waals surface area contributed by atoms with Crippen molar-refractivity contribution in [3.8, 4) is 17.2 Å². The Hall–Kier alpha value is -2.82. The summed E-state index contributed by atoms with van der Waals surface area (Å²) in [6, 6.07) is 12.6. The van der Waals surface area contributed by atoms with Gasteiger partial charge in [0.2, 0.25) is 16.8 Å². The number of benzene rings is 2. The van der Waals surface area contributed by atoms with E-state index in [4.69, 9.17) is 14.2 Å². The monoisotopic (exact) mass is 546 g/mol. The smallest absolute Gasteiger partial charge is 0.309 e. The zero-order valence-corrected chi connectivity index (χ0v) is 23.2. The Balaban J connectivity index is 1.63. The second-order valence-electron chi connectivity index (χ2n) is 9.81. The third-order valence-corrected chi connectivity index (χ3v) is 9.59. The molecule has 0 spiro atoms. The summed E-state index contributed by atoms with van der Waals surface area (Å²) in [5, 5.41) is 10.4. The van der Waals surface area contributed by atoms with E-state index >= 15 is 0 Å². The molecule has 4 rings (SSSR count). The highest BCUT2D eigenvalue weighted by atomic mass is 32.2. The Morgan fingerprint density at radius 1 is 1.08 bits per heavy atom. The van der Waals surface area contributed by atoms with E-state index in [2.05, 4.69) is 4.90 Å². The first-order valence-electron chi connectivity index (χ1n) is 13.3. The molecule has 2 aromatic carbocycles. The molecule has 1 N–H and O–H groups in total. The molecule has 0 aliphatic carbocycles. The van der Waals surface area contributed by atoms with Gasteiger partial charge in [-0.25, -0.2) is 12.7 Å². The van der Waals surface area contributed by atoms with Gasteiger partial charge >= 0.3 is 5.97 Å². The Labute approximate surface area is 225 Å². The van der Waals surface area contributed by atoms with Crippen LogP contribution in [0.5, 0.6) is 17.2 Å². The molecule has 9 nitrogen and oxygen atoms in total. The maximum Gasteiger partial charge on any atom is 0.309 e. The number of carbonyl (C=O) groups is 1. The number of hydrogen-bond donors (Lipinski definition) is 1. The van der Waals surface area contributed by atoms with E-state index in [-0.39, 0.29) is 18.5 Å². The molecule has 208 valence electrons. The maximum atomic E-state index is 13.0. The molecule has 1 fully saturated rings. The van der Waals surface area contributed by atoms with Crippen molar-refractivity contribution in [3.63, 3.8) is 0 Å². The van der Waals surface area contributed by atoms with Crippen LogP contribution in [0.15, 0.2) is 42.5 Å². The first-order chi connectivity index (χ1) is 18.3. The minimum atomic E-state index is -3.39. The fourth-order valence-corrected chi connectivity index (χ4v) is 7.12. The topological polar surface area (TPSA) is 106 Å². The summed E-state index contributed by atoms with van der Waals surface area (Å²) < 4.78 is 43.8. The van der Waals surface area contributed by atoms with Crippen LogP contribution in [-0.4, -0.2) is 74.5 Å². The first-order valence-corrected chi connectivity index (χ1v) is 14.9. The van der Waals surface area contributed by atoms with Crippen LogP contribution in [0.2, 0.25) is 0 Å². The second-order valence-corrected chi connectivity index (χ2v) is 11.9. The number of carboxylic acid groups (broad SMARTS) is 1. The third kappa shape index (κ3) is 6.08. The molecule has 3 atom stereocenters. The largest absolute Gasteiger partial charge is 0.497 e. The Morgan fingerprint density at radius 3 is 2.45 bits per heavy atom. The molecule has 0 aromatic heterocycles. The van der Waals surface area contributed by atoms with E-state index in [0.29, 0.717) is 49.8 Å². The minimum Gasteiger partial charge on any atom is -0.497 e. The molecule has 38 heavy (non-hydrogen) atoms. The zero-order valence-electron chi connectivity index (χ0n) is 22.3. The van der Waals surface area contributed by atoms with Crippen molar-refractivity contribution >= 4 is 16.0 Å². The SMILES string of the molecule is CCCCCS(=O)(=O)N(CC)CCN1C[C@H](c2ccc3c(c2)OCO3)[C@@H](C(=O)O)[C@@H]1c1ccc(OC)cc1. The average Bonchev–Trinajstić information content (AvgIpc) is 3.53. The standard InChI is InChI=1S/C28H38N2O7S/c1-4-6-7-16-38(33,34)30(5-2)15-14-29-18-23(21-10-13-24-25(17-21)37-19-36-24)26(28(31)32)27(29)20-8-11-22(35-3)12-9-20/h8-13,17,23,26-27H,4-7,14-16,18-19H2,1-3H3,(H,31,32)/t23-,26-,27+/m1/s1. The molecule has 2 heterocycles. The molecule has 0 amide bonds. The molecular weight excluding hydrogens is 508 g/mol. The van der Waals surface area contributed by atoms with Gasteiger partial charge < -0.3 is 19.3 Å². The molecule has 0 saturated carbocycles. The lowest BCUT2D eigenvalue weighted by molar-refractivity contribution is -0.143. The number of carboxylic acids is 1. The van der Waals surface area contributed by atoms with E-state index in [1.54, 1.807) is 7.11 Å². The molecular formula is C28H38N2O7S. The number of likely N-dealkylation sites (N-methyl/N-ethyl adjacent to an activating group) is 1. The van der Waals surface area contributed by atoms with Crippen molar-refractivity contribution < 1.29 is 32.5 Å². The number of unbranched alkanes of at least 4 members (excludes halogenated alkanes) is 2. The van der Waals surface area contributed by atoms with Gasteiger partial charge in [0.15, 0.2) is 11.5 Å². The van der Waals surface area contributed by atoms with Gasteiger partial charge in [-0.15, -0.1) is 0 Å². The number of fused-ring (bicyclic) bond motifs is 1. The predicted molar refractivity (Wildman–Crippen MR) is 144 cm³/mol. The Kier molecular flexibility index (Phi) is 9.17. The molecule has 0 unspecified atom stereocenters. The number of nitrogens with zero attached hydrogens (tertiary/aromatic N) is 2. The average molecular weight is 547 g/mol.